The third kappa shape index (κ3) is 3.64. The largest absolute Gasteiger partial charge is 0.387 e. The third-order valence-corrected chi connectivity index (χ3v) is 3.89. The van der Waals surface area contributed by atoms with Gasteiger partial charge in [0.05, 0.1) is 6.10 Å². The molecule has 2 N–H and O–H groups in total. The highest BCUT2D eigenvalue weighted by Crippen LogP contribution is 2.26. The molecule has 1 heterocycles. The Morgan fingerprint density at radius 1 is 1.08 bits per heavy atom. The van der Waals surface area contributed by atoms with E-state index in [0.717, 1.165) is 16.8 Å². The zero-order chi connectivity index (χ0) is 17.9. The molecular weight excluding hydrogens is 326 g/mol. The summed E-state index contributed by atoms with van der Waals surface area (Å²) in [5, 5.41) is 14.2. The normalized spacial score (nSPS) is 12.8. The second kappa shape index (κ2) is 6.94. The number of carbonyl (C=O) groups is 1. The van der Waals surface area contributed by atoms with E-state index in [1.54, 1.807) is 12.1 Å². The highest BCUT2D eigenvalue weighted by atomic mass is 19.3. The summed E-state index contributed by atoms with van der Waals surface area (Å²) in [6.45, 7) is -0.320. The van der Waals surface area contributed by atoms with Crippen LogP contribution < -0.4 is 5.32 Å². The Kier molecular flexibility index (Phi) is 4.72. The number of rotatable bonds is 5. The number of carbonyl (C=O) groups excluding carboxylic acids is 1. The van der Waals surface area contributed by atoms with Crippen molar-refractivity contribution in [1.82, 2.24) is 10.3 Å². The first-order valence-electron chi connectivity index (χ1n) is 7.73. The number of halogens is 2. The Hall–Kier alpha value is -2.86. The number of benzene rings is 2. The monoisotopic (exact) mass is 342 g/mol. The average molecular weight is 342 g/mol. The van der Waals surface area contributed by atoms with Crippen molar-refractivity contribution in [2.24, 2.45) is 0 Å². The van der Waals surface area contributed by atoms with Crippen molar-refractivity contribution in [2.75, 3.05) is 6.54 Å². The van der Waals surface area contributed by atoms with Crippen molar-refractivity contribution in [3.8, 4) is 0 Å². The molecule has 4 nitrogen and oxygen atoms in total. The van der Waals surface area contributed by atoms with Crippen LogP contribution in [0.3, 0.4) is 0 Å². The van der Waals surface area contributed by atoms with Crippen LogP contribution in [-0.4, -0.2) is 22.5 Å². The van der Waals surface area contributed by atoms with Gasteiger partial charge in [0, 0.05) is 12.7 Å². The molecule has 1 atom stereocenters. The van der Waals surface area contributed by atoms with Crippen LogP contribution in [0.25, 0.3) is 10.8 Å². The number of hydrogen-bond donors (Lipinski definition) is 2. The maximum Gasteiger partial charge on any atom is 0.366 e. The molecule has 25 heavy (non-hydrogen) atoms. The first-order valence-corrected chi connectivity index (χ1v) is 7.73. The molecule has 0 aliphatic heterocycles. The van der Waals surface area contributed by atoms with Gasteiger partial charge in [-0.3, -0.25) is 9.78 Å². The third-order valence-electron chi connectivity index (χ3n) is 3.89. The standard InChI is InChI=1S/C19H16F2N2O2/c20-19(21,17-7-3-4-10-22-17)18(25)23-12-16(24)15-9-8-13-5-1-2-6-14(13)11-15/h1-11,16,24H,12H2,(H,23,25). The highest BCUT2D eigenvalue weighted by molar-refractivity contribution is 5.84. The van der Waals surface area contributed by atoms with E-state index in [1.807, 2.05) is 30.3 Å². The van der Waals surface area contributed by atoms with Crippen LogP contribution in [-0.2, 0) is 10.7 Å². The molecule has 0 radical (unpaired) electrons. The number of aliphatic hydroxyl groups excluding tert-OH is 1. The SMILES string of the molecule is O=C(NCC(O)c1ccc2ccccc2c1)C(F)(F)c1ccccn1. The van der Waals surface area contributed by atoms with Gasteiger partial charge in [0.25, 0.3) is 5.91 Å². The second-order valence-corrected chi connectivity index (χ2v) is 5.62. The molecule has 0 fully saturated rings. The summed E-state index contributed by atoms with van der Waals surface area (Å²) in [5.41, 5.74) is -0.0900. The lowest BCUT2D eigenvalue weighted by molar-refractivity contribution is -0.148. The molecule has 3 aromatic rings. The van der Waals surface area contributed by atoms with Gasteiger partial charge in [-0.25, -0.2) is 0 Å². The van der Waals surface area contributed by atoms with Gasteiger partial charge in [-0.05, 0) is 34.5 Å². The fraction of sp³-hybridized carbons (Fsp3) is 0.158. The van der Waals surface area contributed by atoms with Crippen LogP contribution >= 0.6 is 0 Å². The minimum absolute atomic E-state index is 0.320. The lowest BCUT2D eigenvalue weighted by Crippen LogP contribution is -2.40. The van der Waals surface area contributed by atoms with Crippen molar-refractivity contribution in [1.29, 1.82) is 0 Å². The predicted molar refractivity (Wildman–Crippen MR) is 90.0 cm³/mol. The zero-order valence-corrected chi connectivity index (χ0v) is 13.2. The predicted octanol–water partition coefficient (Wildman–Crippen LogP) is 3.18. The van der Waals surface area contributed by atoms with Crippen molar-refractivity contribution < 1.29 is 18.7 Å². The molecule has 0 aliphatic carbocycles. The fourth-order valence-electron chi connectivity index (χ4n) is 2.50. The smallest absolute Gasteiger partial charge is 0.366 e. The summed E-state index contributed by atoms with van der Waals surface area (Å²) in [4.78, 5) is 15.3. The number of fused-ring (bicyclic) bond motifs is 1. The van der Waals surface area contributed by atoms with Crippen molar-refractivity contribution in [3.05, 3.63) is 78.1 Å². The van der Waals surface area contributed by atoms with E-state index in [0.29, 0.717) is 5.56 Å². The summed E-state index contributed by atoms with van der Waals surface area (Å²) in [6.07, 6.45) is 0.105. The molecule has 1 aromatic heterocycles. The molecular formula is C19H16F2N2O2. The molecule has 0 saturated carbocycles. The number of aliphatic hydroxyl groups is 1. The van der Waals surface area contributed by atoms with Crippen LogP contribution in [0.4, 0.5) is 8.78 Å². The van der Waals surface area contributed by atoms with E-state index >= 15 is 0 Å². The van der Waals surface area contributed by atoms with Gasteiger partial charge in [0.15, 0.2) is 0 Å². The van der Waals surface area contributed by atoms with Gasteiger partial charge in [-0.1, -0.05) is 42.5 Å². The van der Waals surface area contributed by atoms with E-state index in [-0.39, 0.29) is 6.54 Å². The van der Waals surface area contributed by atoms with Crippen molar-refractivity contribution in [3.63, 3.8) is 0 Å². The van der Waals surface area contributed by atoms with Crippen LogP contribution in [0.5, 0.6) is 0 Å². The van der Waals surface area contributed by atoms with Crippen LogP contribution in [0.2, 0.25) is 0 Å². The Morgan fingerprint density at radius 3 is 2.52 bits per heavy atom. The van der Waals surface area contributed by atoms with Crippen molar-refractivity contribution in [2.45, 2.75) is 12.0 Å². The van der Waals surface area contributed by atoms with Gasteiger partial charge in [-0.2, -0.15) is 8.78 Å². The van der Waals surface area contributed by atoms with Crippen LogP contribution in [0.1, 0.15) is 17.4 Å². The van der Waals surface area contributed by atoms with Gasteiger partial charge in [0.1, 0.15) is 5.69 Å². The molecule has 128 valence electrons. The molecule has 2 aromatic carbocycles. The molecule has 0 saturated heterocycles. The minimum atomic E-state index is -3.76. The lowest BCUT2D eigenvalue weighted by Gasteiger charge is -2.17. The van der Waals surface area contributed by atoms with E-state index in [9.17, 15) is 18.7 Å². The number of pyridine rings is 1. The molecule has 0 bridgehead atoms. The number of amides is 1. The maximum absolute atomic E-state index is 14.1. The number of nitrogens with one attached hydrogen (secondary N) is 1. The summed E-state index contributed by atoms with van der Waals surface area (Å²) in [5.74, 6) is -5.25. The van der Waals surface area contributed by atoms with Crippen molar-refractivity contribution >= 4 is 16.7 Å². The summed E-state index contributed by atoms with van der Waals surface area (Å²) >= 11 is 0. The molecule has 6 heteroatoms. The second-order valence-electron chi connectivity index (χ2n) is 5.62. The van der Waals surface area contributed by atoms with Gasteiger partial charge in [0.2, 0.25) is 0 Å². The van der Waals surface area contributed by atoms with Gasteiger partial charge < -0.3 is 10.4 Å². The minimum Gasteiger partial charge on any atom is -0.387 e. The molecule has 1 amide bonds. The van der Waals surface area contributed by atoms with Gasteiger partial charge >= 0.3 is 5.92 Å². The summed E-state index contributed by atoms with van der Waals surface area (Å²) in [6, 6.07) is 16.8. The van der Waals surface area contributed by atoms with E-state index in [4.69, 9.17) is 0 Å². The first-order chi connectivity index (χ1) is 12.0. The molecule has 1 unspecified atom stereocenters. The Bertz CT molecular complexity index is 885. The van der Waals surface area contributed by atoms with E-state index in [1.165, 1.54) is 18.3 Å². The van der Waals surface area contributed by atoms with Gasteiger partial charge in [-0.15, -0.1) is 0 Å². The fourth-order valence-corrected chi connectivity index (χ4v) is 2.50. The Balaban J connectivity index is 1.68. The van der Waals surface area contributed by atoms with E-state index < -0.39 is 23.6 Å². The van der Waals surface area contributed by atoms with Crippen LogP contribution in [0, 0.1) is 0 Å². The Labute approximate surface area is 143 Å². The number of hydrogen-bond acceptors (Lipinski definition) is 3. The maximum atomic E-state index is 14.1. The summed E-state index contributed by atoms with van der Waals surface area (Å²) < 4.78 is 28.1. The molecule has 3 rings (SSSR count). The van der Waals surface area contributed by atoms with E-state index in [2.05, 4.69) is 10.3 Å². The Morgan fingerprint density at radius 2 is 1.80 bits per heavy atom. The number of nitrogens with zero attached hydrogens (tertiary/aromatic N) is 1. The average Bonchev–Trinajstić information content (AvgIpc) is 2.66. The number of aromatic nitrogens is 1. The topological polar surface area (TPSA) is 62.2 Å². The molecule has 0 aliphatic rings. The highest BCUT2D eigenvalue weighted by Gasteiger charge is 2.42. The molecule has 0 spiro atoms. The first kappa shape index (κ1) is 17.0. The summed E-state index contributed by atoms with van der Waals surface area (Å²) in [7, 11) is 0. The van der Waals surface area contributed by atoms with Crippen LogP contribution in [0.15, 0.2) is 66.9 Å². The lowest BCUT2D eigenvalue weighted by atomic mass is 10.0. The number of alkyl halides is 2. The quantitative estimate of drug-likeness (QED) is 0.749. The zero-order valence-electron chi connectivity index (χ0n) is 13.2.